The number of anilines is 2. The van der Waals surface area contributed by atoms with E-state index in [1.54, 1.807) is 0 Å². The maximum atomic E-state index is 12.9. The molecule has 0 atom stereocenters. The van der Waals surface area contributed by atoms with Crippen molar-refractivity contribution in [2.75, 3.05) is 50.5 Å². The fourth-order valence-electron chi connectivity index (χ4n) is 3.49. The Morgan fingerprint density at radius 2 is 1.89 bits per heavy atom. The lowest BCUT2D eigenvalue weighted by atomic mass is 10.1. The minimum absolute atomic E-state index is 0.0585. The van der Waals surface area contributed by atoms with Crippen LogP contribution >= 0.6 is 0 Å². The molecule has 2 aliphatic rings. The number of hydrogen-bond donors (Lipinski definition) is 2. The van der Waals surface area contributed by atoms with E-state index in [-0.39, 0.29) is 17.7 Å². The molecule has 2 amide bonds. The van der Waals surface area contributed by atoms with Gasteiger partial charge in [-0.3, -0.25) is 9.59 Å². The van der Waals surface area contributed by atoms with Gasteiger partial charge < -0.3 is 20.4 Å². The first-order chi connectivity index (χ1) is 13.0. The van der Waals surface area contributed by atoms with Gasteiger partial charge in [0.1, 0.15) is 0 Å². The first kappa shape index (κ1) is 19.7. The molecule has 1 aliphatic heterocycles. The summed E-state index contributed by atoms with van der Waals surface area (Å²) >= 11 is 0. The zero-order valence-electron chi connectivity index (χ0n) is 16.6. The van der Waals surface area contributed by atoms with E-state index in [9.17, 15) is 9.59 Å². The summed E-state index contributed by atoms with van der Waals surface area (Å²) in [7, 11) is 4.06. The van der Waals surface area contributed by atoms with E-state index in [1.165, 1.54) is 6.42 Å². The molecule has 1 aliphatic carbocycles. The van der Waals surface area contributed by atoms with Gasteiger partial charge in [0.05, 0.1) is 5.56 Å². The van der Waals surface area contributed by atoms with Crippen LogP contribution in [0.3, 0.4) is 0 Å². The predicted molar refractivity (Wildman–Crippen MR) is 109 cm³/mol. The van der Waals surface area contributed by atoms with Crippen molar-refractivity contribution in [1.82, 2.24) is 10.2 Å². The molecule has 1 heterocycles. The Morgan fingerprint density at radius 1 is 1.15 bits per heavy atom. The topological polar surface area (TPSA) is 64.7 Å². The molecule has 2 N–H and O–H groups in total. The second kappa shape index (κ2) is 9.22. The van der Waals surface area contributed by atoms with E-state index in [0.717, 1.165) is 57.4 Å². The van der Waals surface area contributed by atoms with Gasteiger partial charge >= 0.3 is 0 Å². The number of carbonyl (C=O) groups excluding carboxylic acids is 2. The van der Waals surface area contributed by atoms with Crippen molar-refractivity contribution in [2.24, 2.45) is 5.92 Å². The molecule has 1 saturated heterocycles. The van der Waals surface area contributed by atoms with Crippen LogP contribution in [0.2, 0.25) is 0 Å². The van der Waals surface area contributed by atoms with Crippen molar-refractivity contribution in [3.63, 3.8) is 0 Å². The summed E-state index contributed by atoms with van der Waals surface area (Å²) in [5, 5.41) is 6.01. The summed E-state index contributed by atoms with van der Waals surface area (Å²) in [5.74, 6) is 0.157. The van der Waals surface area contributed by atoms with Gasteiger partial charge in [-0.2, -0.15) is 0 Å². The first-order valence-corrected chi connectivity index (χ1v) is 10.2. The second-order valence-corrected chi connectivity index (χ2v) is 7.96. The van der Waals surface area contributed by atoms with E-state index >= 15 is 0 Å². The predicted octanol–water partition coefficient (Wildman–Crippen LogP) is 2.71. The molecule has 6 heteroatoms. The van der Waals surface area contributed by atoms with Gasteiger partial charge in [0.25, 0.3) is 5.91 Å². The van der Waals surface area contributed by atoms with E-state index in [4.69, 9.17) is 0 Å². The molecule has 148 valence electrons. The minimum Gasteiger partial charge on any atom is -0.371 e. The van der Waals surface area contributed by atoms with E-state index < -0.39 is 0 Å². The quantitative estimate of drug-likeness (QED) is 0.689. The number of carbonyl (C=O) groups is 2. The van der Waals surface area contributed by atoms with E-state index in [1.807, 2.05) is 32.3 Å². The van der Waals surface area contributed by atoms with Gasteiger partial charge in [0.15, 0.2) is 0 Å². The normalized spacial score (nSPS) is 17.1. The summed E-state index contributed by atoms with van der Waals surface area (Å²) in [6.07, 6.45) is 6.41. The third-order valence-corrected chi connectivity index (χ3v) is 5.22. The summed E-state index contributed by atoms with van der Waals surface area (Å²) in [5.41, 5.74) is 2.35. The van der Waals surface area contributed by atoms with Crippen LogP contribution in [0.25, 0.3) is 0 Å². The monoisotopic (exact) mass is 372 g/mol. The van der Waals surface area contributed by atoms with Crippen LogP contribution in [0.5, 0.6) is 0 Å². The molecule has 1 aromatic rings. The lowest BCUT2D eigenvalue weighted by Crippen LogP contribution is -2.33. The number of piperidine rings is 1. The molecule has 0 aromatic heterocycles. The lowest BCUT2D eigenvalue weighted by molar-refractivity contribution is -0.117. The fourth-order valence-corrected chi connectivity index (χ4v) is 3.49. The molecule has 27 heavy (non-hydrogen) atoms. The molecule has 0 spiro atoms. The highest BCUT2D eigenvalue weighted by atomic mass is 16.2. The van der Waals surface area contributed by atoms with Crippen molar-refractivity contribution in [3.05, 3.63) is 23.8 Å². The Hall–Kier alpha value is -2.08. The van der Waals surface area contributed by atoms with Crippen molar-refractivity contribution < 1.29 is 9.59 Å². The van der Waals surface area contributed by atoms with Gasteiger partial charge in [-0.1, -0.05) is 0 Å². The summed E-state index contributed by atoms with van der Waals surface area (Å²) in [4.78, 5) is 29.4. The Labute approximate surface area is 162 Å². The molecule has 2 fully saturated rings. The van der Waals surface area contributed by atoms with Crippen molar-refractivity contribution in [2.45, 2.75) is 38.5 Å². The largest absolute Gasteiger partial charge is 0.371 e. The third kappa shape index (κ3) is 5.70. The highest BCUT2D eigenvalue weighted by molar-refractivity contribution is 6.02. The number of nitrogens with one attached hydrogen (secondary N) is 2. The molecular weight excluding hydrogens is 340 g/mol. The third-order valence-electron chi connectivity index (χ3n) is 5.22. The van der Waals surface area contributed by atoms with Gasteiger partial charge in [-0.15, -0.1) is 0 Å². The average Bonchev–Trinajstić information content (AvgIpc) is 3.51. The number of rotatable bonds is 8. The molecule has 6 nitrogen and oxygen atoms in total. The molecule has 1 saturated carbocycles. The van der Waals surface area contributed by atoms with E-state index in [0.29, 0.717) is 17.8 Å². The molecular formula is C21H32N4O2. The minimum atomic E-state index is -0.0585. The number of nitrogens with zero attached hydrogens (tertiary/aromatic N) is 2. The molecule has 1 aromatic carbocycles. The van der Waals surface area contributed by atoms with Gasteiger partial charge in [0.2, 0.25) is 5.91 Å². The fraction of sp³-hybridized carbons (Fsp3) is 0.619. The SMILES string of the molecule is CN(C)CCCNC(=O)c1cc(NC(=O)C2CC2)ccc1N1CCCCC1. The van der Waals surface area contributed by atoms with Crippen molar-refractivity contribution >= 4 is 23.2 Å². The zero-order valence-corrected chi connectivity index (χ0v) is 16.6. The van der Waals surface area contributed by atoms with Crippen LogP contribution in [-0.2, 0) is 4.79 Å². The standard InChI is InChI=1S/C21H32N4O2/c1-24(2)12-6-11-22-21(27)18-15-17(23-20(26)16-7-8-16)9-10-19(18)25-13-4-3-5-14-25/h9-10,15-16H,3-8,11-14H2,1-2H3,(H,22,27)(H,23,26). The number of hydrogen-bond acceptors (Lipinski definition) is 4. The maximum absolute atomic E-state index is 12.9. The Balaban J connectivity index is 1.73. The zero-order chi connectivity index (χ0) is 19.2. The van der Waals surface area contributed by atoms with Crippen LogP contribution in [0, 0.1) is 5.92 Å². The van der Waals surface area contributed by atoms with Crippen molar-refractivity contribution in [1.29, 1.82) is 0 Å². The van der Waals surface area contributed by atoms with Crippen LogP contribution < -0.4 is 15.5 Å². The Kier molecular flexibility index (Phi) is 6.72. The number of benzene rings is 1. The van der Waals surface area contributed by atoms with Crippen LogP contribution in [0.4, 0.5) is 11.4 Å². The van der Waals surface area contributed by atoms with Crippen LogP contribution in [0.1, 0.15) is 48.9 Å². The van der Waals surface area contributed by atoms with Crippen LogP contribution in [-0.4, -0.2) is 57.0 Å². The summed E-state index contributed by atoms with van der Waals surface area (Å²) in [6, 6.07) is 5.75. The molecule has 3 rings (SSSR count). The van der Waals surface area contributed by atoms with E-state index in [2.05, 4.69) is 20.4 Å². The maximum Gasteiger partial charge on any atom is 0.253 e. The average molecular weight is 373 g/mol. The smallest absolute Gasteiger partial charge is 0.253 e. The Morgan fingerprint density at radius 3 is 2.56 bits per heavy atom. The molecule has 0 bridgehead atoms. The van der Waals surface area contributed by atoms with Crippen molar-refractivity contribution in [3.8, 4) is 0 Å². The lowest BCUT2D eigenvalue weighted by Gasteiger charge is -2.30. The second-order valence-electron chi connectivity index (χ2n) is 7.96. The Bertz CT molecular complexity index is 664. The highest BCUT2D eigenvalue weighted by Crippen LogP contribution is 2.31. The summed E-state index contributed by atoms with van der Waals surface area (Å²) < 4.78 is 0. The number of amides is 2. The highest BCUT2D eigenvalue weighted by Gasteiger charge is 2.30. The first-order valence-electron chi connectivity index (χ1n) is 10.2. The molecule has 0 radical (unpaired) electrons. The molecule has 0 unspecified atom stereocenters. The van der Waals surface area contributed by atoms with Crippen LogP contribution in [0.15, 0.2) is 18.2 Å². The van der Waals surface area contributed by atoms with Gasteiger partial charge in [0, 0.05) is 36.9 Å². The van der Waals surface area contributed by atoms with Gasteiger partial charge in [-0.25, -0.2) is 0 Å². The summed E-state index contributed by atoms with van der Waals surface area (Å²) in [6.45, 7) is 3.55. The van der Waals surface area contributed by atoms with Gasteiger partial charge in [-0.05, 0) is 77.4 Å².